The summed E-state index contributed by atoms with van der Waals surface area (Å²) in [5, 5.41) is 2.07. The lowest BCUT2D eigenvalue weighted by atomic mass is 10.1. The maximum absolute atomic E-state index is 5.64. The molecule has 1 atom stereocenters. The van der Waals surface area contributed by atoms with Crippen LogP contribution < -0.4 is 11.3 Å². The molecule has 17 heavy (non-hydrogen) atoms. The fraction of sp³-hybridized carbons (Fsp3) is 0.231. The average Bonchev–Trinajstić information content (AvgIpc) is 2.86. The Morgan fingerprint density at radius 1 is 1.29 bits per heavy atom. The second kappa shape index (κ2) is 6.21. The highest BCUT2D eigenvalue weighted by molar-refractivity contribution is 7.99. The Labute approximate surface area is 110 Å². The Hall–Kier alpha value is -0.810. The van der Waals surface area contributed by atoms with E-state index in [0.717, 1.165) is 5.75 Å². The predicted octanol–water partition coefficient (Wildman–Crippen LogP) is 3.41. The molecule has 1 aromatic heterocycles. The summed E-state index contributed by atoms with van der Waals surface area (Å²) in [4.78, 5) is 2.54. The zero-order valence-corrected chi connectivity index (χ0v) is 11.4. The van der Waals surface area contributed by atoms with Crippen LogP contribution in [0, 0.1) is 0 Å². The summed E-state index contributed by atoms with van der Waals surface area (Å²) in [5.41, 5.74) is 4.08. The number of nitrogens with two attached hydrogens (primary N) is 1. The van der Waals surface area contributed by atoms with Gasteiger partial charge in [0.25, 0.3) is 0 Å². The molecule has 0 amide bonds. The van der Waals surface area contributed by atoms with Crippen molar-refractivity contribution in [3.8, 4) is 0 Å². The molecule has 0 radical (unpaired) electrons. The van der Waals surface area contributed by atoms with Gasteiger partial charge in [0.05, 0.1) is 6.04 Å². The minimum atomic E-state index is 0.0932. The summed E-state index contributed by atoms with van der Waals surface area (Å²) in [5.74, 6) is 6.74. The van der Waals surface area contributed by atoms with E-state index in [-0.39, 0.29) is 6.04 Å². The van der Waals surface area contributed by atoms with E-state index in [1.807, 2.05) is 17.8 Å². The molecule has 1 unspecified atom stereocenters. The molecule has 2 nitrogen and oxygen atoms in total. The number of thiophene rings is 1. The van der Waals surface area contributed by atoms with Crippen LogP contribution in [0.15, 0.2) is 46.7 Å². The standard InChI is InChI=1S/C13H16N2S2/c1-2-16-11-7-5-10(6-8-11)13(15-14)12-4-3-9-17-12/h3-9,13,15H,2,14H2,1H3. The van der Waals surface area contributed by atoms with Crippen LogP contribution in [0.1, 0.15) is 23.4 Å². The molecule has 0 aliphatic heterocycles. The van der Waals surface area contributed by atoms with Crippen LogP contribution in [0.4, 0.5) is 0 Å². The van der Waals surface area contributed by atoms with Gasteiger partial charge in [-0.25, -0.2) is 5.43 Å². The Morgan fingerprint density at radius 3 is 2.59 bits per heavy atom. The van der Waals surface area contributed by atoms with Gasteiger partial charge in [-0.2, -0.15) is 0 Å². The third kappa shape index (κ3) is 3.10. The van der Waals surface area contributed by atoms with Crippen LogP contribution in [0.2, 0.25) is 0 Å². The topological polar surface area (TPSA) is 38.0 Å². The largest absolute Gasteiger partial charge is 0.271 e. The van der Waals surface area contributed by atoms with Gasteiger partial charge in [0, 0.05) is 9.77 Å². The molecule has 0 bridgehead atoms. The van der Waals surface area contributed by atoms with Gasteiger partial charge < -0.3 is 0 Å². The summed E-state index contributed by atoms with van der Waals surface area (Å²) in [7, 11) is 0. The monoisotopic (exact) mass is 264 g/mol. The maximum Gasteiger partial charge on any atom is 0.0802 e. The Bertz CT molecular complexity index is 437. The second-order valence-corrected chi connectivity index (χ2v) is 5.93. The number of benzene rings is 1. The lowest BCUT2D eigenvalue weighted by Gasteiger charge is -2.15. The number of nitrogens with one attached hydrogen (secondary N) is 1. The fourth-order valence-electron chi connectivity index (χ4n) is 1.72. The highest BCUT2D eigenvalue weighted by Crippen LogP contribution is 2.27. The van der Waals surface area contributed by atoms with Crippen LogP contribution in [0.3, 0.4) is 0 Å². The average molecular weight is 264 g/mol. The van der Waals surface area contributed by atoms with Crippen molar-refractivity contribution in [3.05, 3.63) is 52.2 Å². The molecule has 4 heteroatoms. The van der Waals surface area contributed by atoms with Crippen LogP contribution in [-0.4, -0.2) is 5.75 Å². The Morgan fingerprint density at radius 2 is 2.06 bits per heavy atom. The van der Waals surface area contributed by atoms with Crippen molar-refractivity contribution >= 4 is 23.1 Å². The van der Waals surface area contributed by atoms with E-state index in [0.29, 0.717) is 0 Å². The lowest BCUT2D eigenvalue weighted by Crippen LogP contribution is -2.28. The first-order chi connectivity index (χ1) is 8.35. The minimum absolute atomic E-state index is 0.0932. The third-order valence-corrected chi connectivity index (χ3v) is 4.35. The van der Waals surface area contributed by atoms with Crippen LogP contribution in [0.25, 0.3) is 0 Å². The summed E-state index contributed by atoms with van der Waals surface area (Å²) >= 11 is 3.57. The quantitative estimate of drug-likeness (QED) is 0.494. The van der Waals surface area contributed by atoms with E-state index in [1.54, 1.807) is 11.3 Å². The van der Waals surface area contributed by atoms with Gasteiger partial charge in [0.1, 0.15) is 0 Å². The van der Waals surface area contributed by atoms with E-state index in [9.17, 15) is 0 Å². The normalized spacial score (nSPS) is 12.6. The van der Waals surface area contributed by atoms with Crippen LogP contribution >= 0.6 is 23.1 Å². The highest BCUT2D eigenvalue weighted by Gasteiger charge is 2.12. The molecule has 0 spiro atoms. The highest BCUT2D eigenvalue weighted by atomic mass is 32.2. The van der Waals surface area contributed by atoms with Crippen molar-refractivity contribution in [1.29, 1.82) is 0 Å². The molecular formula is C13H16N2S2. The van der Waals surface area contributed by atoms with Crippen molar-refractivity contribution in [3.63, 3.8) is 0 Å². The minimum Gasteiger partial charge on any atom is -0.271 e. The lowest BCUT2D eigenvalue weighted by molar-refractivity contribution is 0.646. The number of hydrazine groups is 1. The van der Waals surface area contributed by atoms with E-state index >= 15 is 0 Å². The molecule has 3 N–H and O–H groups in total. The SMILES string of the molecule is CCSc1ccc(C(NN)c2cccs2)cc1. The summed E-state index contributed by atoms with van der Waals surface area (Å²) in [6.07, 6.45) is 0. The first-order valence-corrected chi connectivity index (χ1v) is 7.44. The van der Waals surface area contributed by atoms with E-state index in [4.69, 9.17) is 5.84 Å². The number of rotatable bonds is 5. The summed E-state index contributed by atoms with van der Waals surface area (Å²) in [6, 6.07) is 12.8. The third-order valence-electron chi connectivity index (χ3n) is 2.52. The van der Waals surface area contributed by atoms with Gasteiger partial charge in [0.15, 0.2) is 0 Å². The molecule has 0 saturated heterocycles. The fourth-order valence-corrected chi connectivity index (χ4v) is 3.19. The number of hydrogen-bond acceptors (Lipinski definition) is 4. The van der Waals surface area contributed by atoms with E-state index in [1.165, 1.54) is 15.3 Å². The maximum atomic E-state index is 5.64. The van der Waals surface area contributed by atoms with E-state index in [2.05, 4.69) is 48.1 Å². The molecule has 2 rings (SSSR count). The van der Waals surface area contributed by atoms with Crippen LogP contribution in [0.5, 0.6) is 0 Å². The molecule has 0 aliphatic rings. The molecule has 0 fully saturated rings. The zero-order valence-electron chi connectivity index (χ0n) is 9.72. The van der Waals surface area contributed by atoms with Crippen molar-refractivity contribution in [2.24, 2.45) is 5.84 Å². The predicted molar refractivity (Wildman–Crippen MR) is 76.3 cm³/mol. The van der Waals surface area contributed by atoms with Gasteiger partial charge >= 0.3 is 0 Å². The number of hydrogen-bond donors (Lipinski definition) is 2. The molecule has 0 aliphatic carbocycles. The van der Waals surface area contributed by atoms with Crippen molar-refractivity contribution in [2.75, 3.05) is 5.75 Å². The Balaban J connectivity index is 2.20. The molecule has 0 saturated carbocycles. The number of thioether (sulfide) groups is 1. The van der Waals surface area contributed by atoms with Crippen molar-refractivity contribution in [2.45, 2.75) is 17.9 Å². The van der Waals surface area contributed by atoms with Crippen LogP contribution in [-0.2, 0) is 0 Å². The van der Waals surface area contributed by atoms with Crippen molar-refractivity contribution in [1.82, 2.24) is 5.43 Å². The van der Waals surface area contributed by atoms with Gasteiger partial charge in [0.2, 0.25) is 0 Å². The first-order valence-electron chi connectivity index (χ1n) is 5.57. The molecule has 1 heterocycles. The molecule has 1 aromatic carbocycles. The van der Waals surface area contributed by atoms with Gasteiger partial charge in [-0.1, -0.05) is 25.1 Å². The summed E-state index contributed by atoms with van der Waals surface area (Å²) in [6.45, 7) is 2.16. The van der Waals surface area contributed by atoms with Gasteiger partial charge in [-0.3, -0.25) is 5.84 Å². The van der Waals surface area contributed by atoms with Gasteiger partial charge in [-0.05, 0) is 34.9 Å². The summed E-state index contributed by atoms with van der Waals surface area (Å²) < 4.78 is 0. The molecular weight excluding hydrogens is 248 g/mol. The zero-order chi connectivity index (χ0) is 12.1. The van der Waals surface area contributed by atoms with E-state index < -0.39 is 0 Å². The van der Waals surface area contributed by atoms with Gasteiger partial charge in [-0.15, -0.1) is 23.1 Å². The molecule has 2 aromatic rings. The van der Waals surface area contributed by atoms with Crippen molar-refractivity contribution < 1.29 is 0 Å². The smallest absolute Gasteiger partial charge is 0.0802 e. The Kier molecular flexibility index (Phi) is 4.62. The first kappa shape index (κ1) is 12.6. The molecule has 90 valence electrons. The second-order valence-electron chi connectivity index (χ2n) is 3.62.